The van der Waals surface area contributed by atoms with Crippen molar-refractivity contribution < 1.29 is 8.42 Å². The van der Waals surface area contributed by atoms with Crippen molar-refractivity contribution in [2.75, 3.05) is 4.72 Å². The third-order valence-corrected chi connectivity index (χ3v) is 4.86. The van der Waals surface area contributed by atoms with E-state index >= 15 is 0 Å². The Morgan fingerprint density at radius 2 is 1.79 bits per heavy atom. The fraction of sp³-hybridized carbons (Fsp3) is 0.154. The average Bonchev–Trinajstić information content (AvgIpc) is 2.31. The molecule has 1 N–H and O–H groups in total. The topological polar surface area (TPSA) is 59.1 Å². The zero-order valence-corrected chi connectivity index (χ0v) is 12.9. The monoisotopic (exact) mass is 340 g/mol. The Morgan fingerprint density at radius 1 is 1.11 bits per heavy atom. The molecule has 1 aromatic carbocycles. The molecule has 0 saturated carbocycles. The fourth-order valence-electron chi connectivity index (χ4n) is 1.54. The van der Waals surface area contributed by atoms with Crippen molar-refractivity contribution in [2.24, 2.45) is 0 Å². The van der Waals surface area contributed by atoms with E-state index in [0.717, 1.165) is 11.1 Å². The van der Waals surface area contributed by atoms with Crippen molar-refractivity contribution in [3.8, 4) is 0 Å². The number of halogens is 1. The summed E-state index contributed by atoms with van der Waals surface area (Å²) in [7, 11) is -3.63. The van der Waals surface area contributed by atoms with E-state index in [-0.39, 0.29) is 4.90 Å². The number of hydrogen-bond donors (Lipinski definition) is 1. The first-order valence-corrected chi connectivity index (χ1v) is 7.88. The van der Waals surface area contributed by atoms with Gasteiger partial charge in [0.2, 0.25) is 0 Å². The number of hydrogen-bond acceptors (Lipinski definition) is 3. The van der Waals surface area contributed by atoms with Gasteiger partial charge in [-0.05, 0) is 59.1 Å². The highest BCUT2D eigenvalue weighted by Crippen LogP contribution is 2.24. The average molecular weight is 341 g/mol. The van der Waals surface area contributed by atoms with Crippen LogP contribution in [0, 0.1) is 13.8 Å². The predicted octanol–water partition coefficient (Wildman–Crippen LogP) is 3.26. The quantitative estimate of drug-likeness (QED) is 0.932. The van der Waals surface area contributed by atoms with E-state index in [1.807, 2.05) is 13.8 Å². The van der Waals surface area contributed by atoms with E-state index in [1.54, 1.807) is 36.5 Å². The summed E-state index contributed by atoms with van der Waals surface area (Å²) in [5.74, 6) is 0.304. The minimum atomic E-state index is -3.63. The molecule has 2 rings (SSSR count). The number of nitrogens with one attached hydrogen (secondary N) is 1. The maximum absolute atomic E-state index is 12.2. The predicted molar refractivity (Wildman–Crippen MR) is 78.7 cm³/mol. The van der Waals surface area contributed by atoms with E-state index in [2.05, 4.69) is 25.6 Å². The Labute approximate surface area is 121 Å². The van der Waals surface area contributed by atoms with Crippen LogP contribution in [-0.4, -0.2) is 13.4 Å². The molecule has 0 unspecified atom stereocenters. The minimum absolute atomic E-state index is 0.195. The number of rotatable bonds is 3. The van der Waals surface area contributed by atoms with E-state index < -0.39 is 10.0 Å². The molecule has 0 radical (unpaired) electrons. The number of anilines is 1. The number of sulfonamides is 1. The number of benzene rings is 1. The molecule has 19 heavy (non-hydrogen) atoms. The second-order valence-electron chi connectivity index (χ2n) is 4.26. The van der Waals surface area contributed by atoms with Crippen molar-refractivity contribution in [3.05, 3.63) is 52.1 Å². The molecule has 0 aliphatic heterocycles. The van der Waals surface area contributed by atoms with Gasteiger partial charge in [0.05, 0.1) is 0 Å². The maximum Gasteiger partial charge on any atom is 0.264 e. The zero-order valence-electron chi connectivity index (χ0n) is 10.5. The zero-order chi connectivity index (χ0) is 14.0. The highest BCUT2D eigenvalue weighted by atomic mass is 79.9. The van der Waals surface area contributed by atoms with E-state index in [4.69, 9.17) is 0 Å². The van der Waals surface area contributed by atoms with Crippen molar-refractivity contribution in [1.29, 1.82) is 0 Å². The van der Waals surface area contributed by atoms with Crippen LogP contribution in [0.2, 0.25) is 0 Å². The summed E-state index contributed by atoms with van der Waals surface area (Å²) in [6.45, 7) is 3.79. The van der Waals surface area contributed by atoms with Crippen LogP contribution in [0.5, 0.6) is 0 Å². The molecule has 0 atom stereocenters. The van der Waals surface area contributed by atoms with Gasteiger partial charge in [-0.3, -0.25) is 4.72 Å². The van der Waals surface area contributed by atoms with Gasteiger partial charge in [-0.25, -0.2) is 13.4 Å². The Bertz CT molecular complexity index is 697. The number of aryl methyl sites for hydroxylation is 2. The second-order valence-corrected chi connectivity index (χ2v) is 6.77. The molecular weight excluding hydrogens is 328 g/mol. The van der Waals surface area contributed by atoms with Gasteiger partial charge in [-0.1, -0.05) is 12.1 Å². The van der Waals surface area contributed by atoms with E-state index in [1.165, 1.54) is 0 Å². The second kappa shape index (κ2) is 5.30. The van der Waals surface area contributed by atoms with Crippen LogP contribution in [0.1, 0.15) is 11.1 Å². The molecule has 100 valence electrons. The molecule has 0 amide bonds. The van der Waals surface area contributed by atoms with Crippen LogP contribution in [0.25, 0.3) is 0 Å². The van der Waals surface area contributed by atoms with E-state index in [0.29, 0.717) is 10.3 Å². The third kappa shape index (κ3) is 3.33. The minimum Gasteiger partial charge on any atom is -0.263 e. The molecule has 0 aliphatic rings. The van der Waals surface area contributed by atoms with Gasteiger partial charge in [0.25, 0.3) is 10.0 Å². The Morgan fingerprint density at radius 3 is 2.37 bits per heavy atom. The van der Waals surface area contributed by atoms with Crippen molar-refractivity contribution >= 4 is 31.8 Å². The first kappa shape index (κ1) is 14.0. The number of pyridine rings is 1. The molecule has 0 saturated heterocycles. The van der Waals surface area contributed by atoms with Crippen LogP contribution in [0.15, 0.2) is 45.9 Å². The molecule has 6 heteroatoms. The first-order valence-electron chi connectivity index (χ1n) is 5.60. The summed E-state index contributed by atoms with van der Waals surface area (Å²) in [4.78, 5) is 4.23. The molecular formula is C13H13BrN2O2S. The van der Waals surface area contributed by atoms with Gasteiger partial charge in [0.1, 0.15) is 10.7 Å². The lowest BCUT2D eigenvalue weighted by atomic mass is 10.2. The lowest BCUT2D eigenvalue weighted by molar-refractivity contribution is 0.600. The summed E-state index contributed by atoms with van der Waals surface area (Å²) >= 11 is 3.27. The molecule has 0 aliphatic carbocycles. The van der Waals surface area contributed by atoms with Gasteiger partial charge in [0.15, 0.2) is 0 Å². The summed E-state index contributed by atoms with van der Waals surface area (Å²) in [6.07, 6.45) is 1.61. The lowest BCUT2D eigenvalue weighted by Crippen LogP contribution is -2.14. The largest absolute Gasteiger partial charge is 0.264 e. The third-order valence-electron chi connectivity index (χ3n) is 2.53. The summed E-state index contributed by atoms with van der Waals surface area (Å²) < 4.78 is 27.5. The lowest BCUT2D eigenvalue weighted by Gasteiger charge is -2.09. The van der Waals surface area contributed by atoms with Gasteiger partial charge in [-0.2, -0.15) is 0 Å². The summed E-state index contributed by atoms with van der Waals surface area (Å²) in [5, 5.41) is 0. The normalized spacial score (nSPS) is 11.3. The van der Waals surface area contributed by atoms with Gasteiger partial charge < -0.3 is 0 Å². The van der Waals surface area contributed by atoms with Gasteiger partial charge >= 0.3 is 0 Å². The van der Waals surface area contributed by atoms with Crippen molar-refractivity contribution in [2.45, 2.75) is 18.7 Å². The molecule has 4 nitrogen and oxygen atoms in total. The molecule has 0 fully saturated rings. The smallest absolute Gasteiger partial charge is 0.263 e. The maximum atomic E-state index is 12.2. The Kier molecular flexibility index (Phi) is 3.91. The van der Waals surface area contributed by atoms with Crippen molar-refractivity contribution in [3.63, 3.8) is 0 Å². The molecule has 0 bridgehead atoms. The highest BCUT2D eigenvalue weighted by molar-refractivity contribution is 9.10. The summed E-state index contributed by atoms with van der Waals surface area (Å²) in [5.41, 5.74) is 1.96. The fourth-order valence-corrected chi connectivity index (χ4v) is 3.75. The first-order chi connectivity index (χ1) is 8.88. The number of aromatic nitrogens is 1. The van der Waals surface area contributed by atoms with Gasteiger partial charge in [-0.15, -0.1) is 0 Å². The van der Waals surface area contributed by atoms with Crippen LogP contribution in [0.4, 0.5) is 5.82 Å². The van der Waals surface area contributed by atoms with Crippen LogP contribution >= 0.6 is 15.9 Å². The highest BCUT2D eigenvalue weighted by Gasteiger charge is 2.18. The van der Waals surface area contributed by atoms with Crippen LogP contribution < -0.4 is 4.72 Å². The molecule has 1 heterocycles. The standard InChI is InChI=1S/C13H13BrN2O2S/c1-9-3-5-12(11(14)7-9)19(17,18)16-13-6-4-10(2)8-15-13/h3-8H,1-2H3,(H,15,16). The molecule has 1 aromatic heterocycles. The van der Waals surface area contributed by atoms with Crippen LogP contribution in [0.3, 0.4) is 0 Å². The van der Waals surface area contributed by atoms with Crippen molar-refractivity contribution in [1.82, 2.24) is 4.98 Å². The Balaban J connectivity index is 2.35. The summed E-state index contributed by atoms with van der Waals surface area (Å²) in [6, 6.07) is 8.51. The molecule has 0 spiro atoms. The molecule has 2 aromatic rings. The van der Waals surface area contributed by atoms with Crippen LogP contribution in [-0.2, 0) is 10.0 Å². The number of nitrogens with zero attached hydrogens (tertiary/aromatic N) is 1. The van der Waals surface area contributed by atoms with Gasteiger partial charge in [0, 0.05) is 10.7 Å². The van der Waals surface area contributed by atoms with E-state index in [9.17, 15) is 8.42 Å². The SMILES string of the molecule is Cc1ccc(NS(=O)(=O)c2ccc(C)cc2Br)nc1. The Hall–Kier alpha value is -1.40.